The zero-order valence-electron chi connectivity index (χ0n) is 8.31. The molecule has 15 heavy (non-hydrogen) atoms. The second-order valence-electron chi connectivity index (χ2n) is 3.24. The Morgan fingerprint density at radius 1 is 1.27 bits per heavy atom. The fourth-order valence-corrected chi connectivity index (χ4v) is 1.22. The number of rotatable bonds is 7. The van der Waals surface area contributed by atoms with Crippen LogP contribution in [0.25, 0.3) is 0 Å². The molecule has 0 saturated carbocycles. The Hall–Kier alpha value is -1.65. The standard InChI is InChI=1S/C10H13NO4/c12-8(9-6-11-7-15-9)4-2-1-3-5-10(13)14/h6-7H,1-5H2,(H,13,14). The van der Waals surface area contributed by atoms with E-state index >= 15 is 0 Å². The predicted molar refractivity (Wildman–Crippen MR) is 51.6 cm³/mol. The Balaban J connectivity index is 2.10. The van der Waals surface area contributed by atoms with Gasteiger partial charge in [0.25, 0.3) is 0 Å². The topological polar surface area (TPSA) is 80.4 Å². The molecule has 1 aromatic heterocycles. The van der Waals surface area contributed by atoms with Crippen molar-refractivity contribution in [2.75, 3.05) is 0 Å². The summed E-state index contributed by atoms with van der Waals surface area (Å²) < 4.78 is 4.84. The quantitative estimate of drug-likeness (QED) is 0.550. The van der Waals surface area contributed by atoms with Gasteiger partial charge in [-0.3, -0.25) is 9.59 Å². The summed E-state index contributed by atoms with van der Waals surface area (Å²) in [6.07, 6.45) is 5.20. The molecule has 0 amide bonds. The largest absolute Gasteiger partial charge is 0.481 e. The minimum atomic E-state index is -0.795. The molecule has 0 saturated heterocycles. The first-order chi connectivity index (χ1) is 7.20. The zero-order valence-corrected chi connectivity index (χ0v) is 8.31. The molecule has 1 N–H and O–H groups in total. The minimum absolute atomic E-state index is 0.0807. The molecule has 0 fully saturated rings. The van der Waals surface area contributed by atoms with E-state index in [1.54, 1.807) is 0 Å². The summed E-state index contributed by atoms with van der Waals surface area (Å²) >= 11 is 0. The van der Waals surface area contributed by atoms with Crippen LogP contribution >= 0.6 is 0 Å². The van der Waals surface area contributed by atoms with Crippen LogP contribution in [0.3, 0.4) is 0 Å². The van der Waals surface area contributed by atoms with Crippen molar-refractivity contribution in [1.29, 1.82) is 0 Å². The first kappa shape index (κ1) is 11.4. The van der Waals surface area contributed by atoms with Crippen molar-refractivity contribution in [3.63, 3.8) is 0 Å². The van der Waals surface area contributed by atoms with Crippen LogP contribution in [-0.2, 0) is 4.79 Å². The third kappa shape index (κ3) is 4.39. The lowest BCUT2D eigenvalue weighted by Crippen LogP contribution is -1.98. The summed E-state index contributed by atoms with van der Waals surface area (Å²) in [6, 6.07) is 0. The number of unbranched alkanes of at least 4 members (excludes halogenated alkanes) is 2. The Bertz CT molecular complexity index is 318. The van der Waals surface area contributed by atoms with Crippen LogP contribution in [0.5, 0.6) is 0 Å². The number of carbonyl (C=O) groups excluding carboxylic acids is 1. The summed E-state index contributed by atoms with van der Waals surface area (Å²) in [4.78, 5) is 25.2. The second kappa shape index (κ2) is 5.95. The van der Waals surface area contributed by atoms with E-state index in [-0.39, 0.29) is 18.0 Å². The lowest BCUT2D eigenvalue weighted by Gasteiger charge is -1.97. The van der Waals surface area contributed by atoms with Crippen LogP contribution in [0.4, 0.5) is 0 Å². The van der Waals surface area contributed by atoms with E-state index in [9.17, 15) is 9.59 Å². The first-order valence-electron chi connectivity index (χ1n) is 4.83. The number of oxazole rings is 1. The lowest BCUT2D eigenvalue weighted by molar-refractivity contribution is -0.137. The van der Waals surface area contributed by atoms with Crippen molar-refractivity contribution in [3.05, 3.63) is 18.4 Å². The highest BCUT2D eigenvalue weighted by Gasteiger charge is 2.08. The average molecular weight is 211 g/mol. The van der Waals surface area contributed by atoms with Gasteiger partial charge in [-0.1, -0.05) is 6.42 Å². The van der Waals surface area contributed by atoms with Gasteiger partial charge in [-0.15, -0.1) is 0 Å². The van der Waals surface area contributed by atoms with Crippen molar-refractivity contribution < 1.29 is 19.1 Å². The first-order valence-corrected chi connectivity index (χ1v) is 4.83. The number of nitrogens with zero attached hydrogens (tertiary/aromatic N) is 1. The molecular weight excluding hydrogens is 198 g/mol. The number of hydrogen-bond donors (Lipinski definition) is 1. The van der Waals surface area contributed by atoms with Crippen LogP contribution in [0, 0.1) is 0 Å². The van der Waals surface area contributed by atoms with Gasteiger partial charge in [-0.2, -0.15) is 0 Å². The van der Waals surface area contributed by atoms with Crippen molar-refractivity contribution >= 4 is 11.8 Å². The number of hydrogen-bond acceptors (Lipinski definition) is 4. The average Bonchev–Trinajstić information content (AvgIpc) is 2.69. The van der Waals surface area contributed by atoms with E-state index in [0.29, 0.717) is 19.3 Å². The van der Waals surface area contributed by atoms with E-state index in [2.05, 4.69) is 4.98 Å². The van der Waals surface area contributed by atoms with Gasteiger partial charge in [-0.25, -0.2) is 4.98 Å². The summed E-state index contributed by atoms with van der Waals surface area (Å²) in [5.41, 5.74) is 0. The predicted octanol–water partition coefficient (Wildman–Crippen LogP) is 1.89. The SMILES string of the molecule is O=C(O)CCCCCC(=O)c1cnco1. The highest BCUT2D eigenvalue weighted by molar-refractivity contribution is 5.92. The number of carboxylic acids is 1. The summed E-state index contributed by atoms with van der Waals surface area (Å²) in [7, 11) is 0. The highest BCUT2D eigenvalue weighted by atomic mass is 16.4. The maximum Gasteiger partial charge on any atom is 0.303 e. The Labute approximate surface area is 87.1 Å². The molecule has 0 aliphatic heterocycles. The molecular formula is C10H13NO4. The van der Waals surface area contributed by atoms with Crippen LogP contribution in [0.15, 0.2) is 17.0 Å². The molecule has 1 heterocycles. The minimum Gasteiger partial charge on any atom is -0.481 e. The molecule has 0 atom stereocenters. The van der Waals surface area contributed by atoms with Crippen LogP contribution in [0.1, 0.15) is 42.7 Å². The normalized spacial score (nSPS) is 10.1. The third-order valence-corrected chi connectivity index (χ3v) is 2.00. The molecule has 1 rings (SSSR count). The number of carbonyl (C=O) groups is 2. The molecule has 5 nitrogen and oxygen atoms in total. The second-order valence-corrected chi connectivity index (χ2v) is 3.24. The van der Waals surface area contributed by atoms with Gasteiger partial charge >= 0.3 is 5.97 Å². The van der Waals surface area contributed by atoms with E-state index in [1.807, 2.05) is 0 Å². The van der Waals surface area contributed by atoms with Gasteiger partial charge in [-0.05, 0) is 12.8 Å². The van der Waals surface area contributed by atoms with Crippen molar-refractivity contribution in [3.8, 4) is 0 Å². The summed E-state index contributed by atoms with van der Waals surface area (Å²) in [5.74, 6) is -0.604. The molecule has 82 valence electrons. The maximum atomic E-state index is 11.4. The smallest absolute Gasteiger partial charge is 0.303 e. The molecule has 5 heteroatoms. The van der Waals surface area contributed by atoms with Crippen LogP contribution < -0.4 is 0 Å². The van der Waals surface area contributed by atoms with Crippen LogP contribution in [0.2, 0.25) is 0 Å². The molecule has 0 radical (unpaired) electrons. The molecule has 0 aromatic carbocycles. The molecule has 0 bridgehead atoms. The molecule has 0 spiro atoms. The van der Waals surface area contributed by atoms with Crippen molar-refractivity contribution in [2.45, 2.75) is 32.1 Å². The molecule has 1 aromatic rings. The van der Waals surface area contributed by atoms with Crippen molar-refractivity contribution in [1.82, 2.24) is 4.98 Å². The Morgan fingerprint density at radius 3 is 2.60 bits per heavy atom. The number of carboxylic acid groups (broad SMARTS) is 1. The van der Waals surface area contributed by atoms with Gasteiger partial charge in [0.15, 0.2) is 17.9 Å². The molecule has 0 aliphatic carbocycles. The lowest BCUT2D eigenvalue weighted by atomic mass is 10.1. The van der Waals surface area contributed by atoms with Gasteiger partial charge < -0.3 is 9.52 Å². The van der Waals surface area contributed by atoms with Gasteiger partial charge in [0.1, 0.15) is 0 Å². The maximum absolute atomic E-state index is 11.4. The fourth-order valence-electron chi connectivity index (χ4n) is 1.22. The van der Waals surface area contributed by atoms with E-state index in [1.165, 1.54) is 12.6 Å². The number of aliphatic carboxylic acids is 1. The van der Waals surface area contributed by atoms with Crippen LogP contribution in [-0.4, -0.2) is 21.8 Å². The van der Waals surface area contributed by atoms with E-state index in [4.69, 9.17) is 9.52 Å². The van der Waals surface area contributed by atoms with E-state index in [0.717, 1.165) is 6.42 Å². The molecule has 0 unspecified atom stereocenters. The summed E-state index contributed by atoms with van der Waals surface area (Å²) in [5, 5.41) is 8.38. The highest BCUT2D eigenvalue weighted by Crippen LogP contribution is 2.08. The van der Waals surface area contributed by atoms with Crippen molar-refractivity contribution in [2.24, 2.45) is 0 Å². The number of ketones is 1. The third-order valence-electron chi connectivity index (χ3n) is 2.00. The van der Waals surface area contributed by atoms with E-state index < -0.39 is 5.97 Å². The van der Waals surface area contributed by atoms with Gasteiger partial charge in [0.2, 0.25) is 0 Å². The zero-order chi connectivity index (χ0) is 11.1. The number of Topliss-reactive ketones (excluding diaryl/α,β-unsaturated/α-hetero) is 1. The monoisotopic (exact) mass is 211 g/mol. The number of aromatic nitrogens is 1. The van der Waals surface area contributed by atoms with Gasteiger partial charge in [0.05, 0.1) is 6.20 Å². The Kier molecular flexibility index (Phi) is 4.53. The molecule has 0 aliphatic rings. The fraction of sp³-hybridized carbons (Fsp3) is 0.500. The summed E-state index contributed by atoms with van der Waals surface area (Å²) in [6.45, 7) is 0. The Morgan fingerprint density at radius 2 is 2.00 bits per heavy atom. The van der Waals surface area contributed by atoms with Gasteiger partial charge in [0, 0.05) is 12.8 Å².